The second kappa shape index (κ2) is 4.80. The topological polar surface area (TPSA) is 29.1 Å². The Morgan fingerprint density at radius 2 is 1.95 bits per heavy atom. The first kappa shape index (κ1) is 14.7. The van der Waals surface area contributed by atoms with E-state index in [9.17, 15) is 9.18 Å². The molecule has 0 spiro atoms. The molecule has 2 atom stereocenters. The van der Waals surface area contributed by atoms with Crippen molar-refractivity contribution in [3.05, 3.63) is 29.6 Å². The maximum atomic E-state index is 13.2. The molecule has 4 fully saturated rings. The minimum absolute atomic E-state index is 0.139. The minimum Gasteiger partial charge on any atom is -0.325 e. The van der Waals surface area contributed by atoms with Gasteiger partial charge in [0, 0.05) is 10.0 Å². The fourth-order valence-corrected chi connectivity index (χ4v) is 6.89. The molecule has 2 unspecified atom stereocenters. The third-order valence-electron chi connectivity index (χ3n) is 5.91. The third-order valence-corrected chi connectivity index (χ3v) is 6.84. The van der Waals surface area contributed by atoms with Crippen LogP contribution in [0, 0.1) is 30.0 Å². The number of hydrogen-bond acceptors (Lipinski definition) is 1. The summed E-state index contributed by atoms with van der Waals surface area (Å²) in [7, 11) is 0. The van der Waals surface area contributed by atoms with Crippen LogP contribution in [-0.2, 0) is 4.79 Å². The summed E-state index contributed by atoms with van der Waals surface area (Å²) in [5.74, 6) is 1.24. The van der Waals surface area contributed by atoms with Crippen molar-refractivity contribution < 1.29 is 9.18 Å². The molecule has 0 aromatic heterocycles. The molecule has 4 saturated carbocycles. The van der Waals surface area contributed by atoms with E-state index in [1.807, 2.05) is 6.92 Å². The molecule has 1 N–H and O–H groups in total. The highest BCUT2D eigenvalue weighted by Crippen LogP contribution is 2.64. The van der Waals surface area contributed by atoms with Crippen LogP contribution >= 0.6 is 15.9 Å². The molecule has 5 rings (SSSR count). The smallest absolute Gasteiger partial charge is 0.230 e. The van der Waals surface area contributed by atoms with E-state index in [0.29, 0.717) is 11.8 Å². The second-order valence-corrected chi connectivity index (χ2v) is 9.49. The lowest BCUT2D eigenvalue weighted by molar-refractivity contribution is -0.138. The molecule has 1 amide bonds. The van der Waals surface area contributed by atoms with Gasteiger partial charge < -0.3 is 5.32 Å². The normalized spacial score (nSPS) is 39.0. The molecule has 0 aliphatic heterocycles. The average molecular weight is 366 g/mol. The van der Waals surface area contributed by atoms with Gasteiger partial charge in [0.25, 0.3) is 0 Å². The number of benzene rings is 1. The van der Waals surface area contributed by atoms with Crippen molar-refractivity contribution >= 4 is 27.5 Å². The van der Waals surface area contributed by atoms with Crippen LogP contribution in [0.5, 0.6) is 0 Å². The molecule has 0 heterocycles. The van der Waals surface area contributed by atoms with Crippen molar-refractivity contribution in [1.29, 1.82) is 0 Å². The Bertz CT molecular complexity index is 630. The summed E-state index contributed by atoms with van der Waals surface area (Å²) in [5.41, 5.74) is 1.30. The van der Waals surface area contributed by atoms with Crippen molar-refractivity contribution in [1.82, 2.24) is 0 Å². The van der Waals surface area contributed by atoms with E-state index in [4.69, 9.17) is 0 Å². The first-order chi connectivity index (χ1) is 10.4. The monoisotopic (exact) mass is 365 g/mol. The number of nitrogens with one attached hydrogen (secondary N) is 1. The lowest BCUT2D eigenvalue weighted by Crippen LogP contribution is -2.57. The molecule has 4 bridgehead atoms. The van der Waals surface area contributed by atoms with Gasteiger partial charge in [-0.1, -0.05) is 15.9 Å². The first-order valence-corrected chi connectivity index (χ1v) is 8.93. The summed E-state index contributed by atoms with van der Waals surface area (Å²) in [6.07, 6.45) is 6.70. The molecule has 22 heavy (non-hydrogen) atoms. The van der Waals surface area contributed by atoms with Crippen molar-refractivity contribution in [2.24, 2.45) is 17.3 Å². The van der Waals surface area contributed by atoms with Gasteiger partial charge >= 0.3 is 0 Å². The average Bonchev–Trinajstić information content (AvgIpc) is 2.39. The van der Waals surface area contributed by atoms with Crippen LogP contribution in [-0.4, -0.2) is 10.2 Å². The maximum absolute atomic E-state index is 13.2. The van der Waals surface area contributed by atoms with Gasteiger partial charge in [-0.3, -0.25) is 4.79 Å². The van der Waals surface area contributed by atoms with E-state index in [2.05, 4.69) is 21.2 Å². The standard InChI is InChI=1S/C18H21BrFNO/c1-11-4-14(20)2-3-15(11)21-16(22)17-6-12-5-13(7-17)9-18(19,8-12)10-17/h2-4,12-13H,5-10H2,1H3,(H,21,22). The summed E-state index contributed by atoms with van der Waals surface area (Å²) in [4.78, 5) is 13.0. The predicted octanol–water partition coefficient (Wildman–Crippen LogP) is 4.81. The van der Waals surface area contributed by atoms with Crippen LogP contribution in [0.3, 0.4) is 0 Å². The zero-order valence-corrected chi connectivity index (χ0v) is 14.4. The number of amides is 1. The zero-order valence-electron chi connectivity index (χ0n) is 12.8. The van der Waals surface area contributed by atoms with Crippen LogP contribution in [0.25, 0.3) is 0 Å². The SMILES string of the molecule is Cc1cc(F)ccc1NC(=O)C12CC3CC(CC(Br)(C3)C1)C2. The molecule has 4 aliphatic rings. The summed E-state index contributed by atoms with van der Waals surface area (Å²) in [6, 6.07) is 4.56. The predicted molar refractivity (Wildman–Crippen MR) is 88.5 cm³/mol. The Hall–Kier alpha value is -0.900. The van der Waals surface area contributed by atoms with E-state index < -0.39 is 0 Å². The van der Waals surface area contributed by atoms with E-state index in [1.165, 1.54) is 31.4 Å². The van der Waals surface area contributed by atoms with Crippen LogP contribution in [0.4, 0.5) is 10.1 Å². The Morgan fingerprint density at radius 3 is 2.55 bits per heavy atom. The van der Waals surface area contributed by atoms with Gasteiger partial charge in [0.2, 0.25) is 5.91 Å². The van der Waals surface area contributed by atoms with Crippen molar-refractivity contribution in [3.8, 4) is 0 Å². The quantitative estimate of drug-likeness (QED) is 0.748. The van der Waals surface area contributed by atoms with E-state index in [1.54, 1.807) is 6.07 Å². The number of rotatable bonds is 2. The van der Waals surface area contributed by atoms with Crippen LogP contribution in [0.1, 0.15) is 44.1 Å². The van der Waals surface area contributed by atoms with Gasteiger partial charge in [0.15, 0.2) is 0 Å². The third kappa shape index (κ3) is 2.31. The first-order valence-electron chi connectivity index (χ1n) is 8.14. The van der Waals surface area contributed by atoms with Gasteiger partial charge in [-0.05, 0) is 81.0 Å². The fourth-order valence-electron chi connectivity index (χ4n) is 5.44. The van der Waals surface area contributed by atoms with Gasteiger partial charge in [0.05, 0.1) is 5.41 Å². The van der Waals surface area contributed by atoms with Crippen molar-refractivity contribution in [3.63, 3.8) is 0 Å². The summed E-state index contributed by atoms with van der Waals surface area (Å²) in [6.45, 7) is 1.84. The Kier molecular flexibility index (Phi) is 3.20. The Morgan fingerprint density at radius 1 is 1.27 bits per heavy atom. The molecule has 1 aromatic rings. The fraction of sp³-hybridized carbons (Fsp3) is 0.611. The summed E-state index contributed by atoms with van der Waals surface area (Å²) < 4.78 is 13.4. The highest BCUT2D eigenvalue weighted by molar-refractivity contribution is 9.10. The van der Waals surface area contributed by atoms with E-state index in [0.717, 1.165) is 30.5 Å². The summed E-state index contributed by atoms with van der Waals surface area (Å²) >= 11 is 3.94. The lowest BCUT2D eigenvalue weighted by Gasteiger charge is -2.59. The van der Waals surface area contributed by atoms with Gasteiger partial charge in [-0.2, -0.15) is 0 Å². The molecule has 1 aromatic carbocycles. The van der Waals surface area contributed by atoms with Gasteiger partial charge in [-0.15, -0.1) is 0 Å². The molecule has 118 valence electrons. The van der Waals surface area contributed by atoms with Crippen LogP contribution in [0.2, 0.25) is 0 Å². The molecule has 0 radical (unpaired) electrons. The van der Waals surface area contributed by atoms with Gasteiger partial charge in [0.1, 0.15) is 5.82 Å². The Balaban J connectivity index is 1.60. The zero-order chi connectivity index (χ0) is 15.5. The maximum Gasteiger partial charge on any atom is 0.230 e. The van der Waals surface area contributed by atoms with Crippen LogP contribution in [0.15, 0.2) is 18.2 Å². The van der Waals surface area contributed by atoms with Gasteiger partial charge in [-0.25, -0.2) is 4.39 Å². The van der Waals surface area contributed by atoms with Crippen molar-refractivity contribution in [2.75, 3.05) is 5.32 Å². The van der Waals surface area contributed by atoms with Crippen LogP contribution < -0.4 is 5.32 Å². The largest absolute Gasteiger partial charge is 0.325 e. The lowest BCUT2D eigenvalue weighted by atomic mass is 9.49. The molecule has 4 aliphatic carbocycles. The molecule has 0 saturated heterocycles. The number of alkyl halides is 1. The number of hydrogen-bond donors (Lipinski definition) is 1. The molecule has 4 heteroatoms. The second-order valence-electron chi connectivity index (χ2n) is 7.81. The highest BCUT2D eigenvalue weighted by atomic mass is 79.9. The molecular formula is C18H21BrFNO. The highest BCUT2D eigenvalue weighted by Gasteiger charge is 2.59. The number of carbonyl (C=O) groups is 1. The Labute approximate surface area is 139 Å². The van der Waals surface area contributed by atoms with E-state index in [-0.39, 0.29) is 21.5 Å². The number of aryl methyl sites for hydroxylation is 1. The number of halogens is 2. The summed E-state index contributed by atoms with van der Waals surface area (Å²) in [5, 5.41) is 3.09. The number of anilines is 1. The van der Waals surface area contributed by atoms with Crippen molar-refractivity contribution in [2.45, 2.75) is 49.8 Å². The molecule has 2 nitrogen and oxygen atoms in total. The van der Waals surface area contributed by atoms with E-state index >= 15 is 0 Å². The number of carbonyl (C=O) groups excluding carboxylic acids is 1. The minimum atomic E-state index is -0.260. The molecular weight excluding hydrogens is 345 g/mol.